The van der Waals surface area contributed by atoms with Gasteiger partial charge < -0.3 is 10.6 Å². The van der Waals surface area contributed by atoms with Crippen molar-refractivity contribution in [3.05, 3.63) is 29.7 Å². The third kappa shape index (κ3) is 4.92. The fourth-order valence-electron chi connectivity index (χ4n) is 2.45. The number of nitrogens with one attached hydrogen (secondary N) is 2. The number of aryl methyl sites for hydroxylation is 2. The summed E-state index contributed by atoms with van der Waals surface area (Å²) in [4.78, 5) is 12.3. The Labute approximate surface area is 149 Å². The second-order valence-electron chi connectivity index (χ2n) is 7.74. The molecule has 25 heavy (non-hydrogen) atoms. The summed E-state index contributed by atoms with van der Waals surface area (Å²) in [7, 11) is 1.84. The van der Waals surface area contributed by atoms with Crippen LogP contribution in [0.5, 0.6) is 0 Å². The van der Waals surface area contributed by atoms with Crippen LogP contribution in [0.15, 0.2) is 18.5 Å². The predicted octanol–water partition coefficient (Wildman–Crippen LogP) is 2.40. The lowest BCUT2D eigenvalue weighted by molar-refractivity contribution is -0.115. The number of rotatable bonds is 6. The van der Waals surface area contributed by atoms with Crippen LogP contribution in [0.25, 0.3) is 0 Å². The van der Waals surface area contributed by atoms with Crippen molar-refractivity contribution < 1.29 is 4.79 Å². The Morgan fingerprint density at radius 2 is 2.00 bits per heavy atom. The summed E-state index contributed by atoms with van der Waals surface area (Å²) in [6, 6.07) is 2.20. The Morgan fingerprint density at radius 3 is 2.52 bits per heavy atom. The van der Waals surface area contributed by atoms with Gasteiger partial charge in [-0.3, -0.25) is 14.2 Å². The summed E-state index contributed by atoms with van der Waals surface area (Å²) >= 11 is 0. The van der Waals surface area contributed by atoms with Crippen molar-refractivity contribution >= 4 is 11.7 Å². The predicted molar refractivity (Wildman–Crippen MR) is 99.7 cm³/mol. The highest BCUT2D eigenvalue weighted by atomic mass is 16.2. The van der Waals surface area contributed by atoms with Crippen LogP contribution >= 0.6 is 0 Å². The van der Waals surface area contributed by atoms with E-state index in [0.29, 0.717) is 5.82 Å². The Bertz CT molecular complexity index is 724. The van der Waals surface area contributed by atoms with Crippen LogP contribution in [0.4, 0.5) is 5.82 Å². The number of carbonyl (C=O) groups is 1. The molecule has 2 aromatic heterocycles. The summed E-state index contributed by atoms with van der Waals surface area (Å²) < 4.78 is 3.62. The maximum atomic E-state index is 12.3. The summed E-state index contributed by atoms with van der Waals surface area (Å²) in [5, 5.41) is 15.0. The third-order valence-electron chi connectivity index (χ3n) is 4.37. The van der Waals surface area contributed by atoms with Crippen molar-refractivity contribution in [2.75, 3.05) is 11.9 Å². The molecule has 2 rings (SSSR count). The molecular formula is C18H30N6O. The van der Waals surface area contributed by atoms with Gasteiger partial charge in [0.15, 0.2) is 0 Å². The second kappa shape index (κ2) is 7.39. The molecule has 2 heterocycles. The molecule has 2 atom stereocenters. The Morgan fingerprint density at radius 1 is 1.32 bits per heavy atom. The van der Waals surface area contributed by atoms with E-state index >= 15 is 0 Å². The first-order valence-corrected chi connectivity index (χ1v) is 8.66. The van der Waals surface area contributed by atoms with Gasteiger partial charge in [-0.1, -0.05) is 20.8 Å². The molecule has 2 N–H and O–H groups in total. The Balaban J connectivity index is 1.89. The van der Waals surface area contributed by atoms with E-state index in [9.17, 15) is 4.79 Å². The molecule has 2 aromatic rings. The van der Waals surface area contributed by atoms with Crippen LogP contribution in [-0.4, -0.2) is 38.1 Å². The van der Waals surface area contributed by atoms with Crippen molar-refractivity contribution in [2.24, 2.45) is 7.05 Å². The SMILES string of the molecule is Cc1cnn([C@H](C)[C@@H](C)NCC(=O)Nc2cc(C(C)(C)C)nn2C)c1. The zero-order valence-electron chi connectivity index (χ0n) is 16.3. The van der Waals surface area contributed by atoms with Crippen molar-refractivity contribution in [2.45, 2.75) is 59.0 Å². The molecule has 0 saturated carbocycles. The maximum absolute atomic E-state index is 12.3. The molecular weight excluding hydrogens is 316 g/mol. The first-order chi connectivity index (χ1) is 11.6. The molecule has 0 radical (unpaired) electrons. The molecule has 7 heteroatoms. The van der Waals surface area contributed by atoms with Gasteiger partial charge in [0, 0.05) is 30.8 Å². The second-order valence-corrected chi connectivity index (χ2v) is 7.74. The molecule has 0 aliphatic rings. The minimum absolute atomic E-state index is 0.0508. The van der Waals surface area contributed by atoms with Crippen LogP contribution in [0.3, 0.4) is 0 Å². The van der Waals surface area contributed by atoms with Gasteiger partial charge in [-0.15, -0.1) is 0 Å². The number of carbonyl (C=O) groups excluding carboxylic acids is 1. The number of amides is 1. The smallest absolute Gasteiger partial charge is 0.239 e. The largest absolute Gasteiger partial charge is 0.310 e. The zero-order chi connectivity index (χ0) is 18.8. The van der Waals surface area contributed by atoms with Crippen LogP contribution in [0.1, 0.15) is 51.9 Å². The summed E-state index contributed by atoms with van der Waals surface area (Å²) in [6.45, 7) is 12.7. The fourth-order valence-corrected chi connectivity index (χ4v) is 2.45. The molecule has 7 nitrogen and oxygen atoms in total. The van der Waals surface area contributed by atoms with Crippen LogP contribution in [0, 0.1) is 6.92 Å². The van der Waals surface area contributed by atoms with E-state index < -0.39 is 0 Å². The standard InChI is InChI=1S/C18H30N6O/c1-12-9-20-24(11-12)14(3)13(2)19-10-17(25)21-16-8-15(18(4,5)6)22-23(16)7/h8-9,11,13-14,19H,10H2,1-7H3,(H,21,25)/t13-,14-/m1/s1. The minimum Gasteiger partial charge on any atom is -0.310 e. The van der Waals surface area contributed by atoms with Gasteiger partial charge in [0.25, 0.3) is 0 Å². The van der Waals surface area contributed by atoms with E-state index in [4.69, 9.17) is 0 Å². The van der Waals surface area contributed by atoms with Crippen molar-refractivity contribution in [3.8, 4) is 0 Å². The molecule has 0 fully saturated rings. The molecule has 1 amide bonds. The lowest BCUT2D eigenvalue weighted by Gasteiger charge is -2.21. The topological polar surface area (TPSA) is 76.8 Å². The lowest BCUT2D eigenvalue weighted by Crippen LogP contribution is -2.39. The fraction of sp³-hybridized carbons (Fsp3) is 0.611. The zero-order valence-corrected chi connectivity index (χ0v) is 16.3. The Hall–Kier alpha value is -2.15. The number of hydrogen-bond donors (Lipinski definition) is 2. The van der Waals surface area contributed by atoms with E-state index in [-0.39, 0.29) is 30.0 Å². The van der Waals surface area contributed by atoms with Crippen LogP contribution in [0.2, 0.25) is 0 Å². The molecule has 0 bridgehead atoms. The normalized spacial score (nSPS) is 14.4. The molecule has 0 unspecified atom stereocenters. The summed E-state index contributed by atoms with van der Waals surface area (Å²) in [6.07, 6.45) is 3.84. The number of anilines is 1. The van der Waals surface area contributed by atoms with E-state index in [0.717, 1.165) is 11.3 Å². The van der Waals surface area contributed by atoms with Gasteiger partial charge in [-0.2, -0.15) is 10.2 Å². The van der Waals surface area contributed by atoms with Crippen LogP contribution < -0.4 is 10.6 Å². The first-order valence-electron chi connectivity index (χ1n) is 8.66. The highest BCUT2D eigenvalue weighted by molar-refractivity contribution is 5.91. The highest BCUT2D eigenvalue weighted by Gasteiger charge is 2.20. The van der Waals surface area contributed by atoms with E-state index in [1.165, 1.54) is 0 Å². The number of aromatic nitrogens is 4. The first kappa shape index (κ1) is 19.2. The van der Waals surface area contributed by atoms with Crippen LogP contribution in [-0.2, 0) is 17.3 Å². The van der Waals surface area contributed by atoms with Crippen molar-refractivity contribution in [1.82, 2.24) is 24.9 Å². The number of hydrogen-bond acceptors (Lipinski definition) is 4. The summed E-state index contributed by atoms with van der Waals surface area (Å²) in [5.74, 6) is 0.624. The van der Waals surface area contributed by atoms with Gasteiger partial charge in [0.05, 0.1) is 24.5 Å². The average Bonchev–Trinajstić information content (AvgIpc) is 3.10. The van der Waals surface area contributed by atoms with Gasteiger partial charge in [-0.05, 0) is 26.3 Å². The Kier molecular flexibility index (Phi) is 5.67. The molecule has 0 saturated heterocycles. The minimum atomic E-state index is -0.0841. The quantitative estimate of drug-likeness (QED) is 0.842. The monoisotopic (exact) mass is 346 g/mol. The van der Waals surface area contributed by atoms with Crippen molar-refractivity contribution in [3.63, 3.8) is 0 Å². The van der Waals surface area contributed by atoms with E-state index in [2.05, 4.69) is 55.4 Å². The molecule has 0 aliphatic carbocycles. The van der Waals surface area contributed by atoms with E-state index in [1.54, 1.807) is 4.68 Å². The molecule has 0 aromatic carbocycles. The highest BCUT2D eigenvalue weighted by Crippen LogP contribution is 2.23. The van der Waals surface area contributed by atoms with E-state index in [1.807, 2.05) is 37.1 Å². The molecule has 138 valence electrons. The summed E-state index contributed by atoms with van der Waals surface area (Å²) in [5.41, 5.74) is 2.03. The van der Waals surface area contributed by atoms with Gasteiger partial charge in [0.1, 0.15) is 5.82 Å². The lowest BCUT2D eigenvalue weighted by atomic mass is 9.92. The van der Waals surface area contributed by atoms with Gasteiger partial charge >= 0.3 is 0 Å². The van der Waals surface area contributed by atoms with Crippen molar-refractivity contribution in [1.29, 1.82) is 0 Å². The third-order valence-corrected chi connectivity index (χ3v) is 4.37. The van der Waals surface area contributed by atoms with Gasteiger partial charge in [-0.25, -0.2) is 0 Å². The molecule has 0 aliphatic heterocycles. The maximum Gasteiger partial charge on any atom is 0.239 e. The number of nitrogens with zero attached hydrogens (tertiary/aromatic N) is 4. The van der Waals surface area contributed by atoms with Gasteiger partial charge in [0.2, 0.25) is 5.91 Å². The molecule has 0 spiro atoms. The average molecular weight is 346 g/mol.